The fourth-order valence-electron chi connectivity index (χ4n) is 11.1. The van der Waals surface area contributed by atoms with E-state index in [-0.39, 0.29) is 17.4 Å². The SMILES string of the molecule is CCCCCCCCCCCCCCCCCCN(C)CC1CCCCCCCCCC(CN(C)CCCCCCCCCCCCCCCCCC)(C2NC(=O)NC2=O)C1. The summed E-state index contributed by atoms with van der Waals surface area (Å²) >= 11 is 0. The third kappa shape index (κ3) is 29.8. The highest BCUT2D eigenvalue weighted by Crippen LogP contribution is 2.41. The maximum absolute atomic E-state index is 13.5. The van der Waals surface area contributed by atoms with E-state index >= 15 is 0 Å². The molecule has 0 spiro atoms. The van der Waals surface area contributed by atoms with Crippen LogP contribution in [-0.2, 0) is 4.79 Å². The molecular weight excluding hydrogens is 749 g/mol. The fraction of sp³-hybridized carbons (Fsp3) is 0.964. The molecule has 2 fully saturated rings. The van der Waals surface area contributed by atoms with Gasteiger partial charge in [0.25, 0.3) is 5.91 Å². The second-order valence-corrected chi connectivity index (χ2v) is 20.9. The molecule has 0 aromatic heterocycles. The van der Waals surface area contributed by atoms with E-state index < -0.39 is 6.04 Å². The van der Waals surface area contributed by atoms with Crippen LogP contribution in [0, 0.1) is 11.3 Å². The van der Waals surface area contributed by atoms with Crippen LogP contribution < -0.4 is 10.6 Å². The Morgan fingerprint density at radius 3 is 1.23 bits per heavy atom. The standard InChI is InChI=1S/C55H108N4O2/c1-5-7-9-11-13-15-17-19-21-23-25-27-29-34-38-42-46-58(3)49-51-44-40-36-32-31-33-37-41-45-55(48-51,52-53(60)57-54(61)56-52)50-59(4)47-43-39-35-30-28-26-24-22-20-18-16-14-12-10-8-6-2/h51-52H,5-50H2,1-4H3,(H2,56,57,60,61). The number of rotatable bonds is 39. The van der Waals surface area contributed by atoms with Gasteiger partial charge in [0.2, 0.25) is 0 Å². The number of urea groups is 1. The van der Waals surface area contributed by atoms with Crippen molar-refractivity contribution in [1.82, 2.24) is 20.4 Å². The van der Waals surface area contributed by atoms with Crippen LogP contribution >= 0.6 is 0 Å². The van der Waals surface area contributed by atoms with Crippen molar-refractivity contribution in [2.24, 2.45) is 11.3 Å². The highest BCUT2D eigenvalue weighted by atomic mass is 16.2. The summed E-state index contributed by atoms with van der Waals surface area (Å²) in [6.45, 7) is 8.84. The third-order valence-corrected chi connectivity index (χ3v) is 14.8. The van der Waals surface area contributed by atoms with E-state index in [2.05, 4.69) is 48.4 Å². The molecule has 3 atom stereocenters. The van der Waals surface area contributed by atoms with Crippen LogP contribution in [0.15, 0.2) is 0 Å². The van der Waals surface area contributed by atoms with E-state index in [4.69, 9.17) is 0 Å². The van der Waals surface area contributed by atoms with Gasteiger partial charge in [-0.2, -0.15) is 0 Å². The van der Waals surface area contributed by atoms with Gasteiger partial charge < -0.3 is 15.1 Å². The van der Waals surface area contributed by atoms with Gasteiger partial charge in [0.05, 0.1) is 0 Å². The maximum Gasteiger partial charge on any atom is 0.322 e. The van der Waals surface area contributed by atoms with Crippen LogP contribution in [0.3, 0.4) is 0 Å². The first-order chi connectivity index (χ1) is 29.9. The minimum absolute atomic E-state index is 0.0897. The van der Waals surface area contributed by atoms with Crippen molar-refractivity contribution in [3.63, 3.8) is 0 Å². The molecule has 1 aliphatic carbocycles. The Kier molecular flexibility index (Phi) is 36.0. The van der Waals surface area contributed by atoms with Gasteiger partial charge in [0, 0.05) is 18.5 Å². The zero-order chi connectivity index (χ0) is 43.9. The van der Waals surface area contributed by atoms with Crippen LogP contribution in [0.25, 0.3) is 0 Å². The van der Waals surface area contributed by atoms with Crippen molar-refractivity contribution < 1.29 is 9.59 Å². The number of nitrogens with zero attached hydrogens (tertiary/aromatic N) is 2. The number of amides is 3. The Balaban J connectivity index is 1.77. The first-order valence-corrected chi connectivity index (χ1v) is 27.9. The molecule has 1 heterocycles. The maximum atomic E-state index is 13.5. The Labute approximate surface area is 381 Å². The zero-order valence-electron chi connectivity index (χ0n) is 41.9. The van der Waals surface area contributed by atoms with Crippen molar-refractivity contribution in [3.8, 4) is 0 Å². The number of hydrogen-bond acceptors (Lipinski definition) is 4. The number of carbonyl (C=O) groups excluding carboxylic acids is 2. The van der Waals surface area contributed by atoms with E-state index in [9.17, 15) is 9.59 Å². The monoisotopic (exact) mass is 857 g/mol. The lowest BCUT2D eigenvalue weighted by Crippen LogP contribution is -2.53. The number of unbranched alkanes of at least 4 members (excludes halogenated alkanes) is 30. The molecule has 3 unspecified atom stereocenters. The Bertz CT molecular complexity index is 1010. The first kappa shape index (κ1) is 56.0. The molecule has 2 aliphatic rings. The minimum Gasteiger partial charge on any atom is -0.325 e. The predicted molar refractivity (Wildman–Crippen MR) is 267 cm³/mol. The number of carbonyl (C=O) groups is 2. The summed E-state index contributed by atoms with van der Waals surface area (Å²) in [5.41, 5.74) is -0.237. The van der Waals surface area contributed by atoms with Gasteiger partial charge in [0.1, 0.15) is 6.04 Å². The van der Waals surface area contributed by atoms with Crippen molar-refractivity contribution in [2.45, 2.75) is 290 Å². The highest BCUT2D eigenvalue weighted by molar-refractivity contribution is 6.04. The summed E-state index contributed by atoms with van der Waals surface area (Å²) in [6.07, 6.45) is 57.1. The molecule has 360 valence electrons. The summed E-state index contributed by atoms with van der Waals surface area (Å²) in [6, 6.07) is -0.720. The number of hydrogen-bond donors (Lipinski definition) is 2. The largest absolute Gasteiger partial charge is 0.325 e. The lowest BCUT2D eigenvalue weighted by Gasteiger charge is -2.43. The van der Waals surface area contributed by atoms with Gasteiger partial charge in [-0.05, 0) is 65.2 Å². The Hall–Kier alpha value is -1.14. The second-order valence-electron chi connectivity index (χ2n) is 20.9. The van der Waals surface area contributed by atoms with Crippen LogP contribution in [-0.4, -0.2) is 68.1 Å². The predicted octanol–water partition coefficient (Wildman–Crippen LogP) is 16.1. The second kappa shape index (κ2) is 39.2. The molecule has 1 saturated heterocycles. The molecule has 0 aromatic rings. The van der Waals surface area contributed by atoms with E-state index in [0.717, 1.165) is 38.9 Å². The molecule has 2 rings (SSSR count). The van der Waals surface area contributed by atoms with Gasteiger partial charge in [-0.25, -0.2) is 4.79 Å². The third-order valence-electron chi connectivity index (χ3n) is 14.8. The van der Waals surface area contributed by atoms with Crippen LogP contribution in [0.2, 0.25) is 0 Å². The average molecular weight is 857 g/mol. The normalized spacial score (nSPS) is 20.6. The Morgan fingerprint density at radius 2 is 0.836 bits per heavy atom. The van der Waals surface area contributed by atoms with E-state index in [1.807, 2.05) is 0 Å². The Morgan fingerprint density at radius 1 is 0.475 bits per heavy atom. The van der Waals surface area contributed by atoms with Crippen LogP contribution in [0.4, 0.5) is 4.79 Å². The van der Waals surface area contributed by atoms with Gasteiger partial charge >= 0.3 is 6.03 Å². The molecule has 61 heavy (non-hydrogen) atoms. The van der Waals surface area contributed by atoms with E-state index in [1.54, 1.807) is 0 Å². The van der Waals surface area contributed by atoms with Gasteiger partial charge in [-0.3, -0.25) is 10.1 Å². The summed E-state index contributed by atoms with van der Waals surface area (Å²) in [7, 11) is 4.63. The molecular formula is C55H108N4O2. The molecule has 1 aliphatic heterocycles. The smallest absolute Gasteiger partial charge is 0.322 e. The summed E-state index contributed by atoms with van der Waals surface area (Å²) in [5, 5.41) is 5.84. The van der Waals surface area contributed by atoms with Crippen LogP contribution in [0.5, 0.6) is 0 Å². The molecule has 6 heteroatoms. The highest BCUT2D eigenvalue weighted by Gasteiger charge is 2.48. The summed E-state index contributed by atoms with van der Waals surface area (Å²) in [5.74, 6) is 0.452. The van der Waals surface area contributed by atoms with Gasteiger partial charge in [-0.1, -0.05) is 251 Å². The van der Waals surface area contributed by atoms with Crippen molar-refractivity contribution >= 4 is 11.9 Å². The quantitative estimate of drug-likeness (QED) is 0.0477. The van der Waals surface area contributed by atoms with Gasteiger partial charge in [-0.15, -0.1) is 0 Å². The fourth-order valence-corrected chi connectivity index (χ4v) is 11.1. The van der Waals surface area contributed by atoms with Gasteiger partial charge in [0.15, 0.2) is 0 Å². The minimum atomic E-state index is -0.427. The molecule has 1 saturated carbocycles. The summed E-state index contributed by atoms with van der Waals surface area (Å²) in [4.78, 5) is 31.4. The first-order valence-electron chi connectivity index (χ1n) is 27.9. The number of imide groups is 1. The zero-order valence-corrected chi connectivity index (χ0v) is 41.9. The molecule has 0 aromatic carbocycles. The van der Waals surface area contributed by atoms with Crippen LogP contribution in [0.1, 0.15) is 284 Å². The lowest BCUT2D eigenvalue weighted by atomic mass is 9.68. The molecule has 0 bridgehead atoms. The lowest BCUT2D eigenvalue weighted by molar-refractivity contribution is -0.124. The van der Waals surface area contributed by atoms with Crippen molar-refractivity contribution in [1.29, 1.82) is 0 Å². The van der Waals surface area contributed by atoms with E-state index in [1.165, 1.54) is 257 Å². The number of nitrogens with one attached hydrogen (secondary N) is 2. The molecule has 3 amide bonds. The molecule has 2 N–H and O–H groups in total. The topological polar surface area (TPSA) is 64.7 Å². The molecule has 6 nitrogen and oxygen atoms in total. The molecule has 0 radical (unpaired) electrons. The van der Waals surface area contributed by atoms with Crippen molar-refractivity contribution in [3.05, 3.63) is 0 Å². The average Bonchev–Trinajstić information content (AvgIpc) is 3.59. The van der Waals surface area contributed by atoms with E-state index in [0.29, 0.717) is 5.92 Å². The summed E-state index contributed by atoms with van der Waals surface area (Å²) < 4.78 is 0. The van der Waals surface area contributed by atoms with Crippen molar-refractivity contribution in [2.75, 3.05) is 40.3 Å².